The first-order chi connectivity index (χ1) is 12.4. The molecule has 4 atom stereocenters. The molecule has 136 valence electrons. The molecule has 2 aromatic rings. The number of carbonyl (C=O) groups excluding carboxylic acids is 1. The van der Waals surface area contributed by atoms with Gasteiger partial charge in [0.25, 0.3) is 0 Å². The Balaban J connectivity index is 1.68. The molecule has 2 aliphatic rings. The molecule has 2 N–H and O–H groups in total. The summed E-state index contributed by atoms with van der Waals surface area (Å²) in [6.07, 6.45) is -4.89. The fraction of sp³-hybridized carbons (Fsp3) is 0.350. The van der Waals surface area contributed by atoms with Gasteiger partial charge in [-0.2, -0.15) is 13.2 Å². The summed E-state index contributed by atoms with van der Waals surface area (Å²) in [5.41, 5.74) is 3.52. The second-order valence-corrected chi connectivity index (χ2v) is 6.98. The van der Waals surface area contributed by atoms with Crippen molar-refractivity contribution in [3.05, 3.63) is 71.3 Å². The molecule has 0 radical (unpaired) electrons. The van der Waals surface area contributed by atoms with Gasteiger partial charge in [0, 0.05) is 18.4 Å². The van der Waals surface area contributed by atoms with Crippen molar-refractivity contribution in [1.29, 1.82) is 0 Å². The molecule has 26 heavy (non-hydrogen) atoms. The highest BCUT2D eigenvalue weighted by atomic mass is 19.4. The summed E-state index contributed by atoms with van der Waals surface area (Å²) in [7, 11) is 0. The SMILES string of the molecule is O=C(NC1NCC2C(c3ccccc3)c3ccccc3CC12)C(F)(F)F. The Bertz CT molecular complexity index is 806. The third kappa shape index (κ3) is 2.98. The van der Waals surface area contributed by atoms with Crippen LogP contribution in [0, 0.1) is 11.8 Å². The van der Waals surface area contributed by atoms with E-state index in [-0.39, 0.29) is 17.8 Å². The molecule has 1 fully saturated rings. The number of rotatable bonds is 2. The van der Waals surface area contributed by atoms with Gasteiger partial charge in [0.2, 0.25) is 0 Å². The van der Waals surface area contributed by atoms with Crippen LogP contribution in [0.1, 0.15) is 22.6 Å². The van der Waals surface area contributed by atoms with Crippen LogP contribution in [0.15, 0.2) is 54.6 Å². The maximum absolute atomic E-state index is 12.7. The Hall–Kier alpha value is -2.34. The second-order valence-electron chi connectivity index (χ2n) is 6.98. The molecular formula is C20H19F3N2O. The first-order valence-electron chi connectivity index (χ1n) is 8.69. The summed E-state index contributed by atoms with van der Waals surface area (Å²) in [6, 6.07) is 18.1. The highest BCUT2D eigenvalue weighted by Crippen LogP contribution is 2.46. The fourth-order valence-electron chi connectivity index (χ4n) is 4.42. The van der Waals surface area contributed by atoms with Gasteiger partial charge in [-0.05, 0) is 29.0 Å². The predicted octanol–water partition coefficient (Wildman–Crippen LogP) is 3.21. The minimum Gasteiger partial charge on any atom is -0.333 e. The number of benzene rings is 2. The quantitative estimate of drug-likeness (QED) is 0.864. The predicted molar refractivity (Wildman–Crippen MR) is 91.4 cm³/mol. The van der Waals surface area contributed by atoms with E-state index in [0.717, 1.165) is 11.1 Å². The van der Waals surface area contributed by atoms with E-state index in [9.17, 15) is 18.0 Å². The number of halogens is 3. The zero-order valence-corrected chi connectivity index (χ0v) is 14.0. The van der Waals surface area contributed by atoms with Crippen molar-refractivity contribution in [3.8, 4) is 0 Å². The van der Waals surface area contributed by atoms with Gasteiger partial charge >= 0.3 is 12.1 Å². The van der Waals surface area contributed by atoms with Crippen LogP contribution in [-0.2, 0) is 11.2 Å². The standard InChI is InChI=1S/C20H19F3N2O/c21-20(22,23)19(26)25-18-15-10-13-8-4-5-9-14(13)17(16(15)11-24-18)12-6-2-1-3-7-12/h1-9,15-18,24H,10-11H2,(H,25,26). The van der Waals surface area contributed by atoms with Gasteiger partial charge in [-0.3, -0.25) is 10.1 Å². The Labute approximate surface area is 149 Å². The third-order valence-electron chi connectivity index (χ3n) is 5.53. The van der Waals surface area contributed by atoms with E-state index < -0.39 is 18.2 Å². The van der Waals surface area contributed by atoms with E-state index >= 15 is 0 Å². The molecule has 2 aromatic carbocycles. The van der Waals surface area contributed by atoms with Crippen LogP contribution in [0.4, 0.5) is 13.2 Å². The Morgan fingerprint density at radius 3 is 2.42 bits per heavy atom. The van der Waals surface area contributed by atoms with Gasteiger partial charge in [0.15, 0.2) is 0 Å². The lowest BCUT2D eigenvalue weighted by Crippen LogP contribution is -2.51. The average molecular weight is 360 g/mol. The molecule has 0 aromatic heterocycles. The Morgan fingerprint density at radius 2 is 1.69 bits per heavy atom. The van der Waals surface area contributed by atoms with Crippen LogP contribution in [0.5, 0.6) is 0 Å². The minimum atomic E-state index is -4.87. The van der Waals surface area contributed by atoms with Crippen molar-refractivity contribution in [2.75, 3.05) is 6.54 Å². The zero-order chi connectivity index (χ0) is 18.3. The first kappa shape index (κ1) is 17.1. The van der Waals surface area contributed by atoms with Crippen LogP contribution < -0.4 is 10.6 Å². The molecule has 4 unspecified atom stereocenters. The van der Waals surface area contributed by atoms with Crippen molar-refractivity contribution in [2.45, 2.75) is 24.7 Å². The number of alkyl halides is 3. The molecule has 0 spiro atoms. The van der Waals surface area contributed by atoms with Crippen molar-refractivity contribution < 1.29 is 18.0 Å². The lowest BCUT2D eigenvalue weighted by molar-refractivity contribution is -0.174. The lowest BCUT2D eigenvalue weighted by atomic mass is 9.67. The van der Waals surface area contributed by atoms with Crippen molar-refractivity contribution in [2.24, 2.45) is 11.8 Å². The van der Waals surface area contributed by atoms with Gasteiger partial charge in [0.05, 0.1) is 6.17 Å². The second kappa shape index (κ2) is 6.43. The van der Waals surface area contributed by atoms with Crippen LogP contribution in [0.2, 0.25) is 0 Å². The molecule has 3 nitrogen and oxygen atoms in total. The smallest absolute Gasteiger partial charge is 0.333 e. The molecule has 0 saturated carbocycles. The van der Waals surface area contributed by atoms with Gasteiger partial charge in [-0.1, -0.05) is 54.6 Å². The average Bonchev–Trinajstić information content (AvgIpc) is 3.02. The van der Waals surface area contributed by atoms with Crippen LogP contribution >= 0.6 is 0 Å². The summed E-state index contributed by atoms with van der Waals surface area (Å²) in [4.78, 5) is 11.4. The van der Waals surface area contributed by atoms with Crippen molar-refractivity contribution in [3.63, 3.8) is 0 Å². The maximum atomic E-state index is 12.7. The van der Waals surface area contributed by atoms with Crippen molar-refractivity contribution >= 4 is 5.91 Å². The molecule has 1 amide bonds. The monoisotopic (exact) mass is 360 g/mol. The van der Waals surface area contributed by atoms with Crippen LogP contribution in [0.3, 0.4) is 0 Å². The molecule has 4 rings (SSSR count). The van der Waals surface area contributed by atoms with Crippen LogP contribution in [0.25, 0.3) is 0 Å². The number of hydrogen-bond donors (Lipinski definition) is 2. The summed E-state index contributed by atoms with van der Waals surface area (Å²) in [5, 5.41) is 5.25. The van der Waals surface area contributed by atoms with E-state index in [0.29, 0.717) is 13.0 Å². The summed E-state index contributed by atoms with van der Waals surface area (Å²) < 4.78 is 38.0. The maximum Gasteiger partial charge on any atom is 0.471 e. The van der Waals surface area contributed by atoms with E-state index in [1.165, 1.54) is 5.56 Å². The lowest BCUT2D eigenvalue weighted by Gasteiger charge is -2.37. The molecule has 6 heteroatoms. The number of carbonyl (C=O) groups is 1. The number of amides is 1. The number of hydrogen-bond acceptors (Lipinski definition) is 2. The topological polar surface area (TPSA) is 41.1 Å². The highest BCUT2D eigenvalue weighted by molar-refractivity contribution is 5.82. The van der Waals surface area contributed by atoms with E-state index in [4.69, 9.17) is 0 Å². The molecular weight excluding hydrogens is 341 g/mol. The molecule has 1 saturated heterocycles. The Kier molecular flexibility index (Phi) is 4.23. The zero-order valence-electron chi connectivity index (χ0n) is 14.0. The van der Waals surface area contributed by atoms with Gasteiger partial charge < -0.3 is 5.32 Å². The minimum absolute atomic E-state index is 0.0820. The first-order valence-corrected chi connectivity index (χ1v) is 8.69. The van der Waals surface area contributed by atoms with E-state index in [2.05, 4.69) is 28.8 Å². The number of nitrogens with one attached hydrogen (secondary N) is 2. The van der Waals surface area contributed by atoms with Gasteiger partial charge in [-0.15, -0.1) is 0 Å². The summed E-state index contributed by atoms with van der Waals surface area (Å²) in [6.45, 7) is 0.571. The molecule has 1 heterocycles. The van der Waals surface area contributed by atoms with Crippen molar-refractivity contribution in [1.82, 2.24) is 10.6 Å². The summed E-state index contributed by atoms with van der Waals surface area (Å²) >= 11 is 0. The fourth-order valence-corrected chi connectivity index (χ4v) is 4.42. The summed E-state index contributed by atoms with van der Waals surface area (Å²) in [5.74, 6) is -1.73. The normalized spacial score (nSPS) is 27.5. The largest absolute Gasteiger partial charge is 0.471 e. The molecule has 1 aliphatic heterocycles. The van der Waals surface area contributed by atoms with Gasteiger partial charge in [0.1, 0.15) is 0 Å². The third-order valence-corrected chi connectivity index (χ3v) is 5.53. The van der Waals surface area contributed by atoms with Gasteiger partial charge in [-0.25, -0.2) is 0 Å². The Morgan fingerprint density at radius 1 is 1.00 bits per heavy atom. The van der Waals surface area contributed by atoms with E-state index in [1.54, 1.807) is 0 Å². The van der Waals surface area contributed by atoms with Crippen LogP contribution in [-0.4, -0.2) is 24.8 Å². The highest BCUT2D eigenvalue weighted by Gasteiger charge is 2.48. The molecule has 1 aliphatic carbocycles. The number of fused-ring (bicyclic) bond motifs is 2. The van der Waals surface area contributed by atoms with E-state index in [1.807, 2.05) is 36.4 Å². The molecule has 0 bridgehead atoms.